The van der Waals surface area contributed by atoms with Gasteiger partial charge in [0.2, 0.25) is 0 Å². The van der Waals surface area contributed by atoms with Gasteiger partial charge in [-0.1, -0.05) is 42.8 Å². The third kappa shape index (κ3) is 7.19. The van der Waals surface area contributed by atoms with Gasteiger partial charge in [0.05, 0.1) is 35.9 Å². The summed E-state index contributed by atoms with van der Waals surface area (Å²) in [6.07, 6.45) is -0.386. The summed E-state index contributed by atoms with van der Waals surface area (Å²) in [7, 11) is -0.329. The molecule has 3 aromatic rings. The number of nitrogens with one attached hydrogen (secondary N) is 1. The van der Waals surface area contributed by atoms with Crippen LogP contribution in [-0.4, -0.2) is 75.2 Å². The number of likely N-dealkylation sites (N-methyl/N-ethyl adjacent to an activating group) is 1. The predicted molar refractivity (Wildman–Crippen MR) is 159 cm³/mol. The Morgan fingerprint density at radius 2 is 1.80 bits per heavy atom. The molecule has 0 aromatic heterocycles. The van der Waals surface area contributed by atoms with Crippen LogP contribution in [0.5, 0.6) is 11.5 Å². The molecule has 0 saturated heterocycles. The Morgan fingerprint density at radius 3 is 2.44 bits per heavy atom. The summed E-state index contributed by atoms with van der Waals surface area (Å²) < 4.78 is 41.1. The van der Waals surface area contributed by atoms with E-state index in [0.29, 0.717) is 19.6 Å². The molecule has 2 N–H and O–H groups in total. The van der Waals surface area contributed by atoms with Crippen molar-refractivity contribution < 1.29 is 27.8 Å². The molecule has 220 valence electrons. The molecule has 1 amide bonds. The standard InChI is InChI=1S/C31H39N3O6S/c1-21-9-15-26(16-10-21)41(37,38)32-28-8-6-7-27-30(28)40-29(22(2)17-34(31(27)36)23(3)20-35)19-33(4)18-24-11-13-25(39-5)14-12-24/h6-16,22-23,29,32,35H,17-20H2,1-5H3/t22-,23+,29+/m0/s1. The van der Waals surface area contributed by atoms with E-state index < -0.39 is 16.1 Å². The highest BCUT2D eigenvalue weighted by Crippen LogP contribution is 2.36. The number of anilines is 1. The number of nitrogens with zero attached hydrogens (tertiary/aromatic N) is 2. The van der Waals surface area contributed by atoms with Crippen molar-refractivity contribution in [2.45, 2.75) is 44.4 Å². The predicted octanol–water partition coefficient (Wildman–Crippen LogP) is 4.16. The Bertz CT molecular complexity index is 1440. The van der Waals surface area contributed by atoms with Gasteiger partial charge in [-0.15, -0.1) is 0 Å². The molecule has 1 aliphatic heterocycles. The van der Waals surface area contributed by atoms with Crippen LogP contribution in [0.3, 0.4) is 0 Å². The van der Waals surface area contributed by atoms with E-state index in [2.05, 4.69) is 9.62 Å². The summed E-state index contributed by atoms with van der Waals surface area (Å²) in [5.74, 6) is 0.516. The minimum atomic E-state index is -3.95. The number of ether oxygens (including phenoxy) is 2. The third-order valence-electron chi connectivity index (χ3n) is 7.37. The van der Waals surface area contributed by atoms with Crippen LogP contribution in [-0.2, 0) is 16.6 Å². The molecule has 10 heteroatoms. The highest BCUT2D eigenvalue weighted by molar-refractivity contribution is 7.92. The number of sulfonamides is 1. The zero-order valence-corrected chi connectivity index (χ0v) is 25.0. The number of amides is 1. The lowest BCUT2D eigenvalue weighted by molar-refractivity contribution is 0.0344. The number of hydrogen-bond acceptors (Lipinski definition) is 7. The normalized spacial score (nSPS) is 18.2. The van der Waals surface area contributed by atoms with Crippen LogP contribution in [0, 0.1) is 12.8 Å². The highest BCUT2D eigenvalue weighted by atomic mass is 32.2. The second-order valence-electron chi connectivity index (χ2n) is 10.8. The van der Waals surface area contributed by atoms with Crippen molar-refractivity contribution in [1.82, 2.24) is 9.80 Å². The quantitative estimate of drug-likeness (QED) is 0.370. The molecule has 1 heterocycles. The van der Waals surface area contributed by atoms with Gasteiger partial charge in [-0.3, -0.25) is 14.4 Å². The highest BCUT2D eigenvalue weighted by Gasteiger charge is 2.35. The molecule has 3 atom stereocenters. The number of carbonyl (C=O) groups excluding carboxylic acids is 1. The van der Waals surface area contributed by atoms with E-state index in [1.807, 2.05) is 45.2 Å². The van der Waals surface area contributed by atoms with E-state index in [-0.39, 0.29) is 46.4 Å². The lowest BCUT2D eigenvalue weighted by Crippen LogP contribution is -2.49. The molecule has 0 bridgehead atoms. The number of benzene rings is 3. The zero-order chi connectivity index (χ0) is 29.7. The summed E-state index contributed by atoms with van der Waals surface area (Å²) >= 11 is 0. The van der Waals surface area contributed by atoms with Gasteiger partial charge in [0.25, 0.3) is 15.9 Å². The van der Waals surface area contributed by atoms with E-state index in [1.165, 1.54) is 0 Å². The number of hydrogen-bond donors (Lipinski definition) is 2. The second-order valence-corrected chi connectivity index (χ2v) is 12.5. The van der Waals surface area contributed by atoms with Gasteiger partial charge in [-0.05, 0) is 62.9 Å². The van der Waals surface area contributed by atoms with E-state index in [1.54, 1.807) is 61.4 Å². The van der Waals surface area contributed by atoms with Gasteiger partial charge < -0.3 is 19.5 Å². The van der Waals surface area contributed by atoms with E-state index in [0.717, 1.165) is 16.9 Å². The molecular formula is C31H39N3O6S. The molecule has 0 aliphatic carbocycles. The first-order valence-electron chi connectivity index (χ1n) is 13.6. The molecule has 0 spiro atoms. The van der Waals surface area contributed by atoms with E-state index in [4.69, 9.17) is 9.47 Å². The van der Waals surface area contributed by atoms with Crippen molar-refractivity contribution in [3.63, 3.8) is 0 Å². The fraction of sp³-hybridized carbons (Fsp3) is 0.387. The first-order chi connectivity index (χ1) is 19.5. The van der Waals surface area contributed by atoms with Crippen molar-refractivity contribution in [2.75, 3.05) is 38.6 Å². The molecule has 0 fully saturated rings. The monoisotopic (exact) mass is 581 g/mol. The molecule has 4 rings (SSSR count). The van der Waals surface area contributed by atoms with E-state index >= 15 is 0 Å². The summed E-state index contributed by atoms with van der Waals surface area (Å²) in [6, 6.07) is 18.8. The van der Waals surface area contributed by atoms with Crippen molar-refractivity contribution in [1.29, 1.82) is 0 Å². The van der Waals surface area contributed by atoms with Crippen LogP contribution in [0.2, 0.25) is 0 Å². The average Bonchev–Trinajstić information content (AvgIpc) is 2.95. The first-order valence-corrected chi connectivity index (χ1v) is 15.1. The minimum absolute atomic E-state index is 0.109. The fourth-order valence-corrected chi connectivity index (χ4v) is 5.94. The van der Waals surface area contributed by atoms with Crippen LogP contribution >= 0.6 is 0 Å². The topological polar surface area (TPSA) is 108 Å². The van der Waals surface area contributed by atoms with Gasteiger partial charge >= 0.3 is 0 Å². The van der Waals surface area contributed by atoms with Gasteiger partial charge in [-0.25, -0.2) is 8.42 Å². The number of rotatable bonds is 10. The van der Waals surface area contributed by atoms with Gasteiger partial charge in [0.15, 0.2) is 5.75 Å². The maximum Gasteiger partial charge on any atom is 0.262 e. The van der Waals surface area contributed by atoms with Crippen molar-refractivity contribution in [2.24, 2.45) is 5.92 Å². The Hall–Kier alpha value is -3.60. The Kier molecular flexibility index (Phi) is 9.57. The maximum absolute atomic E-state index is 13.7. The number of aliphatic hydroxyl groups is 1. The van der Waals surface area contributed by atoms with Crippen LogP contribution in [0.4, 0.5) is 5.69 Å². The van der Waals surface area contributed by atoms with Crippen LogP contribution in [0.15, 0.2) is 71.6 Å². The molecule has 41 heavy (non-hydrogen) atoms. The fourth-order valence-electron chi connectivity index (χ4n) is 4.88. The van der Waals surface area contributed by atoms with Crippen LogP contribution < -0.4 is 14.2 Å². The largest absolute Gasteiger partial charge is 0.497 e. The molecule has 0 unspecified atom stereocenters. The van der Waals surface area contributed by atoms with Crippen molar-refractivity contribution >= 4 is 21.6 Å². The minimum Gasteiger partial charge on any atom is -0.497 e. The molecular weight excluding hydrogens is 542 g/mol. The molecule has 9 nitrogen and oxygen atoms in total. The van der Waals surface area contributed by atoms with Gasteiger partial charge in [0, 0.05) is 25.6 Å². The summed E-state index contributed by atoms with van der Waals surface area (Å²) in [5, 5.41) is 9.93. The van der Waals surface area contributed by atoms with Crippen LogP contribution in [0.25, 0.3) is 0 Å². The molecule has 0 saturated carbocycles. The Labute approximate surface area is 242 Å². The lowest BCUT2D eigenvalue weighted by atomic mass is 9.99. The Balaban J connectivity index is 1.68. The van der Waals surface area contributed by atoms with Gasteiger partial charge in [-0.2, -0.15) is 0 Å². The van der Waals surface area contributed by atoms with E-state index in [9.17, 15) is 18.3 Å². The number of aliphatic hydroxyl groups excluding tert-OH is 1. The smallest absolute Gasteiger partial charge is 0.262 e. The Morgan fingerprint density at radius 1 is 1.12 bits per heavy atom. The number of methoxy groups -OCH3 is 1. The van der Waals surface area contributed by atoms with Crippen molar-refractivity contribution in [3.05, 3.63) is 83.4 Å². The molecule has 0 radical (unpaired) electrons. The lowest BCUT2D eigenvalue weighted by Gasteiger charge is -2.38. The number of para-hydroxylation sites is 1. The molecule has 3 aromatic carbocycles. The van der Waals surface area contributed by atoms with Crippen LogP contribution in [0.1, 0.15) is 35.3 Å². The summed E-state index contributed by atoms with van der Waals surface area (Å²) in [5.41, 5.74) is 2.47. The second kappa shape index (κ2) is 12.9. The van der Waals surface area contributed by atoms with Gasteiger partial charge in [0.1, 0.15) is 11.9 Å². The summed E-state index contributed by atoms with van der Waals surface area (Å²) in [6.45, 7) is 7.02. The number of aryl methyl sites for hydroxylation is 1. The number of carbonyl (C=O) groups is 1. The first kappa shape index (κ1) is 30.4. The average molecular weight is 582 g/mol. The number of fused-ring (bicyclic) bond motifs is 1. The summed E-state index contributed by atoms with van der Waals surface area (Å²) in [4.78, 5) is 17.6. The zero-order valence-electron chi connectivity index (χ0n) is 24.2. The SMILES string of the molecule is COc1ccc(CN(C)C[C@H]2Oc3c(NS(=O)(=O)c4ccc(C)cc4)cccc3C(=O)N([C@H](C)CO)C[C@@H]2C)cc1. The third-order valence-corrected chi connectivity index (χ3v) is 8.75. The van der Waals surface area contributed by atoms with Crippen molar-refractivity contribution in [3.8, 4) is 11.5 Å². The molecule has 1 aliphatic rings. The maximum atomic E-state index is 13.7.